The van der Waals surface area contributed by atoms with Crippen molar-refractivity contribution in [3.63, 3.8) is 0 Å². The summed E-state index contributed by atoms with van der Waals surface area (Å²) in [6.45, 7) is 3.76. The number of likely N-dealkylation sites (tertiary alicyclic amines) is 1. The Hall–Kier alpha value is -2.83. The second kappa shape index (κ2) is 7.06. The smallest absolute Gasteiger partial charge is 0.410 e. The number of nitrogens with zero attached hydrogens (tertiary/aromatic N) is 2. The van der Waals surface area contributed by atoms with Crippen LogP contribution in [0.25, 0.3) is 0 Å². The highest BCUT2D eigenvalue weighted by molar-refractivity contribution is 5.83. The monoisotopic (exact) mass is 369 g/mol. The molecule has 2 unspecified atom stereocenters. The molecule has 2 aliphatic rings. The Labute approximate surface area is 157 Å². The predicted octanol–water partition coefficient (Wildman–Crippen LogP) is 2.65. The van der Waals surface area contributed by atoms with Crippen molar-refractivity contribution >= 4 is 12.0 Å². The molecular formula is C20H23N3O4. The molecule has 0 radical (unpaired) electrons. The van der Waals surface area contributed by atoms with Crippen LogP contribution in [-0.2, 0) is 22.7 Å². The molecule has 1 saturated heterocycles. The van der Waals surface area contributed by atoms with Crippen LogP contribution in [0.5, 0.6) is 0 Å². The minimum absolute atomic E-state index is 0.0249. The molecule has 1 saturated carbocycles. The van der Waals surface area contributed by atoms with Gasteiger partial charge in [-0.05, 0) is 25.3 Å². The fourth-order valence-corrected chi connectivity index (χ4v) is 3.81. The maximum atomic E-state index is 12.5. The van der Waals surface area contributed by atoms with Crippen molar-refractivity contribution in [2.45, 2.75) is 32.9 Å². The quantitative estimate of drug-likeness (QED) is 0.876. The predicted molar refractivity (Wildman–Crippen MR) is 96.4 cm³/mol. The number of rotatable bonds is 5. The zero-order valence-corrected chi connectivity index (χ0v) is 15.3. The van der Waals surface area contributed by atoms with Crippen molar-refractivity contribution in [2.75, 3.05) is 13.1 Å². The fourth-order valence-electron chi connectivity index (χ4n) is 3.81. The number of hydrogen-bond acceptors (Lipinski definition) is 5. The molecule has 2 heterocycles. The highest BCUT2D eigenvalue weighted by Gasteiger charge is 2.61. The zero-order valence-electron chi connectivity index (χ0n) is 15.3. The average Bonchev–Trinajstić information content (AvgIpc) is 2.98. The standard InChI is InChI=1S/C20H23N3O4/c1-14-11-27-22-17(14)10-21-18(24)16-9-20(16)7-8-23(13-20)19(25)26-12-15-5-3-2-4-6-15/h2-6,11,16H,7-10,12-13H2,1H3,(H,21,24). The van der Waals surface area contributed by atoms with E-state index in [1.165, 1.54) is 0 Å². The summed E-state index contributed by atoms with van der Waals surface area (Å²) in [6, 6.07) is 9.62. The van der Waals surface area contributed by atoms with E-state index in [0.29, 0.717) is 19.6 Å². The third-order valence-electron chi connectivity index (χ3n) is 5.63. The van der Waals surface area contributed by atoms with Crippen molar-refractivity contribution in [3.05, 3.63) is 53.4 Å². The van der Waals surface area contributed by atoms with Gasteiger partial charge in [-0.2, -0.15) is 0 Å². The summed E-state index contributed by atoms with van der Waals surface area (Å²) in [5.74, 6) is -0.0199. The number of hydrogen-bond donors (Lipinski definition) is 1. The van der Waals surface area contributed by atoms with Crippen LogP contribution in [0, 0.1) is 18.3 Å². The average molecular weight is 369 g/mol. The third-order valence-corrected chi connectivity index (χ3v) is 5.63. The highest BCUT2D eigenvalue weighted by Crippen LogP contribution is 2.58. The van der Waals surface area contributed by atoms with Crippen LogP contribution in [0.2, 0.25) is 0 Å². The first-order valence-electron chi connectivity index (χ1n) is 9.21. The van der Waals surface area contributed by atoms with Crippen LogP contribution in [0.15, 0.2) is 41.1 Å². The Bertz CT molecular complexity index is 835. The second-order valence-electron chi connectivity index (χ2n) is 7.49. The molecule has 7 heteroatoms. The van der Waals surface area contributed by atoms with Crippen molar-refractivity contribution in [2.24, 2.45) is 11.3 Å². The molecular weight excluding hydrogens is 346 g/mol. The van der Waals surface area contributed by atoms with Gasteiger partial charge >= 0.3 is 6.09 Å². The number of carbonyl (C=O) groups is 2. The Morgan fingerprint density at radius 1 is 1.37 bits per heavy atom. The van der Waals surface area contributed by atoms with Gasteiger partial charge in [-0.15, -0.1) is 0 Å². The Balaban J connectivity index is 1.25. The van der Waals surface area contributed by atoms with Gasteiger partial charge in [0.15, 0.2) is 0 Å². The summed E-state index contributed by atoms with van der Waals surface area (Å²) >= 11 is 0. The van der Waals surface area contributed by atoms with E-state index in [9.17, 15) is 9.59 Å². The molecule has 1 N–H and O–H groups in total. The molecule has 142 valence electrons. The van der Waals surface area contributed by atoms with E-state index in [0.717, 1.165) is 29.7 Å². The topological polar surface area (TPSA) is 84.7 Å². The van der Waals surface area contributed by atoms with E-state index in [2.05, 4.69) is 10.5 Å². The van der Waals surface area contributed by atoms with E-state index < -0.39 is 0 Å². The molecule has 1 aliphatic carbocycles. The SMILES string of the molecule is Cc1conc1CNC(=O)C1CC12CCN(C(=O)OCc1ccccc1)C2. The summed E-state index contributed by atoms with van der Waals surface area (Å²) in [6.07, 6.45) is 2.92. The van der Waals surface area contributed by atoms with Gasteiger partial charge in [-0.3, -0.25) is 4.79 Å². The maximum Gasteiger partial charge on any atom is 0.410 e. The molecule has 1 aromatic heterocycles. The number of nitrogens with one attached hydrogen (secondary N) is 1. The first kappa shape index (κ1) is 17.6. The fraction of sp³-hybridized carbons (Fsp3) is 0.450. The van der Waals surface area contributed by atoms with Crippen LogP contribution in [-0.4, -0.2) is 35.1 Å². The van der Waals surface area contributed by atoms with E-state index in [-0.39, 0.29) is 29.9 Å². The summed E-state index contributed by atoms with van der Waals surface area (Å²) in [7, 11) is 0. The van der Waals surface area contributed by atoms with Crippen molar-refractivity contribution < 1.29 is 18.8 Å². The Morgan fingerprint density at radius 2 is 2.19 bits per heavy atom. The number of aromatic nitrogens is 1. The van der Waals surface area contributed by atoms with E-state index in [1.54, 1.807) is 11.2 Å². The number of benzene rings is 1. The van der Waals surface area contributed by atoms with Crippen LogP contribution in [0.1, 0.15) is 29.7 Å². The van der Waals surface area contributed by atoms with Gasteiger partial charge in [-0.1, -0.05) is 35.5 Å². The van der Waals surface area contributed by atoms with Crippen molar-refractivity contribution in [3.8, 4) is 0 Å². The van der Waals surface area contributed by atoms with Crippen molar-refractivity contribution in [1.29, 1.82) is 0 Å². The van der Waals surface area contributed by atoms with Crippen LogP contribution in [0.4, 0.5) is 4.79 Å². The largest absolute Gasteiger partial charge is 0.445 e. The van der Waals surface area contributed by atoms with E-state index in [4.69, 9.17) is 9.26 Å². The van der Waals surface area contributed by atoms with Gasteiger partial charge in [0.2, 0.25) is 5.91 Å². The summed E-state index contributed by atoms with van der Waals surface area (Å²) in [5.41, 5.74) is 2.55. The van der Waals surface area contributed by atoms with Gasteiger partial charge in [0.1, 0.15) is 18.6 Å². The summed E-state index contributed by atoms with van der Waals surface area (Å²) < 4.78 is 10.3. The molecule has 2 atom stereocenters. The van der Waals surface area contributed by atoms with Crippen LogP contribution in [0.3, 0.4) is 0 Å². The highest BCUT2D eigenvalue weighted by atomic mass is 16.6. The van der Waals surface area contributed by atoms with E-state index in [1.807, 2.05) is 37.3 Å². The van der Waals surface area contributed by atoms with Gasteiger partial charge < -0.3 is 19.5 Å². The molecule has 1 aliphatic heterocycles. The first-order chi connectivity index (χ1) is 13.1. The third kappa shape index (κ3) is 3.67. The molecule has 27 heavy (non-hydrogen) atoms. The Morgan fingerprint density at radius 3 is 2.93 bits per heavy atom. The molecule has 2 aromatic rings. The van der Waals surface area contributed by atoms with Crippen LogP contribution >= 0.6 is 0 Å². The second-order valence-corrected chi connectivity index (χ2v) is 7.49. The number of ether oxygens (including phenoxy) is 1. The normalized spacial score (nSPS) is 23.4. The van der Waals surface area contributed by atoms with Gasteiger partial charge in [0, 0.05) is 30.0 Å². The number of aryl methyl sites for hydroxylation is 1. The van der Waals surface area contributed by atoms with Gasteiger partial charge in [0.05, 0.1) is 6.54 Å². The minimum atomic E-state index is -0.306. The number of amides is 2. The maximum absolute atomic E-state index is 12.5. The lowest BCUT2D eigenvalue weighted by Gasteiger charge is -2.16. The molecule has 0 bridgehead atoms. The first-order valence-corrected chi connectivity index (χ1v) is 9.21. The molecule has 4 rings (SSSR count). The molecule has 2 amide bonds. The lowest BCUT2D eigenvalue weighted by molar-refractivity contribution is -0.123. The summed E-state index contributed by atoms with van der Waals surface area (Å²) in [5, 5.41) is 6.81. The summed E-state index contributed by atoms with van der Waals surface area (Å²) in [4.78, 5) is 26.5. The minimum Gasteiger partial charge on any atom is -0.445 e. The molecule has 2 fully saturated rings. The van der Waals surface area contributed by atoms with E-state index >= 15 is 0 Å². The van der Waals surface area contributed by atoms with Crippen LogP contribution < -0.4 is 5.32 Å². The molecule has 7 nitrogen and oxygen atoms in total. The van der Waals surface area contributed by atoms with Crippen molar-refractivity contribution in [1.82, 2.24) is 15.4 Å². The lowest BCUT2D eigenvalue weighted by Crippen LogP contribution is -2.31. The zero-order chi connectivity index (χ0) is 18.9. The lowest BCUT2D eigenvalue weighted by atomic mass is 10.0. The van der Waals surface area contributed by atoms with Gasteiger partial charge in [-0.25, -0.2) is 4.79 Å². The molecule has 1 aromatic carbocycles. The molecule has 1 spiro atoms. The van der Waals surface area contributed by atoms with Gasteiger partial charge in [0.25, 0.3) is 0 Å². The Kier molecular flexibility index (Phi) is 4.59. The number of carbonyl (C=O) groups excluding carboxylic acids is 2.